The molecule has 0 saturated carbocycles. The van der Waals surface area contributed by atoms with Gasteiger partial charge in [-0.15, -0.1) is 0 Å². The van der Waals surface area contributed by atoms with E-state index in [9.17, 15) is 9.59 Å². The smallest absolute Gasteiger partial charge is 0.338 e. The molecule has 166 valence electrons. The van der Waals surface area contributed by atoms with Gasteiger partial charge in [-0.2, -0.15) is 0 Å². The van der Waals surface area contributed by atoms with Gasteiger partial charge >= 0.3 is 5.97 Å². The van der Waals surface area contributed by atoms with Crippen molar-refractivity contribution in [2.45, 2.75) is 20.4 Å². The van der Waals surface area contributed by atoms with Crippen molar-refractivity contribution in [2.75, 3.05) is 23.8 Å². The third-order valence-electron chi connectivity index (χ3n) is 4.60. The molecule has 0 fully saturated rings. The Labute approximate surface area is 192 Å². The van der Waals surface area contributed by atoms with Crippen molar-refractivity contribution in [3.63, 3.8) is 0 Å². The van der Waals surface area contributed by atoms with Gasteiger partial charge in [-0.05, 0) is 68.4 Å². The lowest BCUT2D eigenvalue weighted by Gasteiger charge is -2.14. The first-order chi connectivity index (χ1) is 15.4. The predicted octanol–water partition coefficient (Wildman–Crippen LogP) is 5.45. The topological polar surface area (TPSA) is 76.7 Å². The second kappa shape index (κ2) is 11.2. The number of amides is 1. The van der Waals surface area contributed by atoms with E-state index >= 15 is 0 Å². The first-order valence-electron chi connectivity index (χ1n) is 10.2. The second-order valence-corrected chi connectivity index (χ2v) is 7.54. The first kappa shape index (κ1) is 23.2. The van der Waals surface area contributed by atoms with Crippen LogP contribution in [0.15, 0.2) is 66.7 Å². The largest absolute Gasteiger partial charge is 0.483 e. The Morgan fingerprint density at radius 1 is 0.938 bits per heavy atom. The summed E-state index contributed by atoms with van der Waals surface area (Å²) in [5.74, 6) is -0.0464. The number of hydrogen-bond acceptors (Lipinski definition) is 5. The molecule has 1 amide bonds. The minimum absolute atomic E-state index is 0.128. The van der Waals surface area contributed by atoms with Gasteiger partial charge in [-0.25, -0.2) is 4.79 Å². The first-order valence-corrected chi connectivity index (χ1v) is 10.6. The predicted molar refractivity (Wildman–Crippen MR) is 126 cm³/mol. The Balaban J connectivity index is 1.59. The van der Waals surface area contributed by atoms with Crippen molar-refractivity contribution >= 4 is 34.9 Å². The van der Waals surface area contributed by atoms with Gasteiger partial charge in [0.05, 0.1) is 12.2 Å². The monoisotopic (exact) mass is 452 g/mol. The number of ether oxygens (including phenoxy) is 2. The van der Waals surface area contributed by atoms with Crippen LogP contribution in [0.5, 0.6) is 5.75 Å². The molecule has 2 N–H and O–H groups in total. The molecule has 0 radical (unpaired) electrons. The Morgan fingerprint density at radius 2 is 1.62 bits per heavy atom. The summed E-state index contributed by atoms with van der Waals surface area (Å²) in [4.78, 5) is 24.0. The Morgan fingerprint density at radius 3 is 2.31 bits per heavy atom. The average Bonchev–Trinajstić information content (AvgIpc) is 2.79. The van der Waals surface area contributed by atoms with Gasteiger partial charge in [0.1, 0.15) is 5.75 Å². The SMILES string of the molecule is CCOC(=O)c1ccc(NCc2cc(Cl)ccc2OCC(=O)Nc2ccc(C)cc2)cc1. The number of carbonyl (C=O) groups is 2. The zero-order valence-electron chi connectivity index (χ0n) is 18.0. The maximum absolute atomic E-state index is 12.2. The molecule has 3 rings (SSSR count). The van der Waals surface area contributed by atoms with Crippen LogP contribution in [0.25, 0.3) is 0 Å². The van der Waals surface area contributed by atoms with Gasteiger partial charge in [0, 0.05) is 28.5 Å². The number of esters is 1. The highest BCUT2D eigenvalue weighted by Gasteiger charge is 2.10. The Bertz CT molecular complexity index is 1070. The van der Waals surface area contributed by atoms with E-state index in [0.717, 1.165) is 16.8 Å². The molecule has 0 saturated heterocycles. The molecule has 0 unspecified atom stereocenters. The molecule has 0 bridgehead atoms. The summed E-state index contributed by atoms with van der Waals surface area (Å²) in [7, 11) is 0. The van der Waals surface area contributed by atoms with Crippen LogP contribution in [0, 0.1) is 6.92 Å². The van der Waals surface area contributed by atoms with E-state index in [1.165, 1.54) is 0 Å². The van der Waals surface area contributed by atoms with E-state index < -0.39 is 0 Å². The number of nitrogens with one attached hydrogen (secondary N) is 2. The van der Waals surface area contributed by atoms with E-state index in [2.05, 4.69) is 10.6 Å². The summed E-state index contributed by atoms with van der Waals surface area (Å²) >= 11 is 6.15. The van der Waals surface area contributed by atoms with E-state index in [1.54, 1.807) is 49.4 Å². The van der Waals surface area contributed by atoms with Crippen LogP contribution < -0.4 is 15.4 Å². The molecule has 32 heavy (non-hydrogen) atoms. The number of hydrogen-bond donors (Lipinski definition) is 2. The number of benzene rings is 3. The Hall–Kier alpha value is -3.51. The molecule has 7 heteroatoms. The van der Waals surface area contributed by atoms with Crippen LogP contribution in [-0.4, -0.2) is 25.1 Å². The zero-order chi connectivity index (χ0) is 22.9. The van der Waals surface area contributed by atoms with Crippen LogP contribution in [0.4, 0.5) is 11.4 Å². The molecular weight excluding hydrogens is 428 g/mol. The van der Waals surface area contributed by atoms with Gasteiger partial charge < -0.3 is 20.1 Å². The fraction of sp³-hybridized carbons (Fsp3) is 0.200. The molecule has 0 aliphatic heterocycles. The highest BCUT2D eigenvalue weighted by molar-refractivity contribution is 6.30. The van der Waals surface area contributed by atoms with Crippen LogP contribution in [0.2, 0.25) is 5.02 Å². The third-order valence-corrected chi connectivity index (χ3v) is 4.83. The highest BCUT2D eigenvalue weighted by Crippen LogP contribution is 2.24. The minimum Gasteiger partial charge on any atom is -0.483 e. The van der Waals surface area contributed by atoms with E-state index in [4.69, 9.17) is 21.1 Å². The minimum atomic E-state index is -0.353. The number of halogens is 1. The van der Waals surface area contributed by atoms with Gasteiger partial charge in [-0.1, -0.05) is 29.3 Å². The standard InChI is InChI=1S/C25H25ClN2O4/c1-3-31-25(30)18-6-11-21(12-7-18)27-15-19-14-20(26)8-13-23(19)32-16-24(29)28-22-9-4-17(2)5-10-22/h4-14,27H,3,15-16H2,1-2H3,(H,28,29). The van der Waals surface area contributed by atoms with Gasteiger partial charge in [0.15, 0.2) is 6.61 Å². The molecule has 0 spiro atoms. The molecule has 0 aliphatic carbocycles. The molecule has 0 aliphatic rings. The van der Waals surface area contributed by atoms with Crippen molar-refractivity contribution in [3.8, 4) is 5.75 Å². The number of aryl methyl sites for hydroxylation is 1. The van der Waals surface area contributed by atoms with Gasteiger partial charge in [-0.3, -0.25) is 4.79 Å². The van der Waals surface area contributed by atoms with Crippen molar-refractivity contribution in [2.24, 2.45) is 0 Å². The summed E-state index contributed by atoms with van der Waals surface area (Å²) in [5.41, 5.74) is 3.95. The quantitative estimate of drug-likeness (QED) is 0.422. The van der Waals surface area contributed by atoms with Gasteiger partial charge in [0.2, 0.25) is 0 Å². The molecule has 3 aromatic rings. The summed E-state index contributed by atoms with van der Waals surface area (Å²) in [5, 5.41) is 6.64. The summed E-state index contributed by atoms with van der Waals surface area (Å²) < 4.78 is 10.7. The number of carbonyl (C=O) groups excluding carboxylic acids is 2. The van der Waals surface area contributed by atoms with Crippen molar-refractivity contribution in [1.29, 1.82) is 0 Å². The zero-order valence-corrected chi connectivity index (χ0v) is 18.7. The lowest BCUT2D eigenvalue weighted by atomic mass is 10.1. The van der Waals surface area contributed by atoms with Crippen LogP contribution in [0.1, 0.15) is 28.4 Å². The maximum atomic E-state index is 12.2. The van der Waals surface area contributed by atoms with Gasteiger partial charge in [0.25, 0.3) is 5.91 Å². The second-order valence-electron chi connectivity index (χ2n) is 7.11. The van der Waals surface area contributed by atoms with E-state index in [1.807, 2.05) is 31.2 Å². The lowest BCUT2D eigenvalue weighted by Crippen LogP contribution is -2.20. The summed E-state index contributed by atoms with van der Waals surface area (Å²) in [6.07, 6.45) is 0. The molecular formula is C25H25ClN2O4. The Kier molecular flexibility index (Phi) is 8.11. The molecule has 0 heterocycles. The van der Waals surface area contributed by atoms with Crippen molar-refractivity contribution in [3.05, 3.63) is 88.4 Å². The van der Waals surface area contributed by atoms with Crippen LogP contribution in [-0.2, 0) is 16.1 Å². The third kappa shape index (κ3) is 6.75. The normalized spacial score (nSPS) is 10.3. The van der Waals surface area contributed by atoms with Crippen molar-refractivity contribution < 1.29 is 19.1 Å². The maximum Gasteiger partial charge on any atom is 0.338 e. The lowest BCUT2D eigenvalue weighted by molar-refractivity contribution is -0.118. The van der Waals surface area contributed by atoms with E-state index in [-0.39, 0.29) is 18.5 Å². The van der Waals surface area contributed by atoms with Crippen LogP contribution in [0.3, 0.4) is 0 Å². The molecule has 0 atom stereocenters. The average molecular weight is 453 g/mol. The summed E-state index contributed by atoms with van der Waals surface area (Å²) in [6, 6.07) is 19.8. The number of rotatable bonds is 9. The fourth-order valence-electron chi connectivity index (χ4n) is 2.94. The summed E-state index contributed by atoms with van der Waals surface area (Å²) in [6.45, 7) is 4.38. The highest BCUT2D eigenvalue weighted by atomic mass is 35.5. The van der Waals surface area contributed by atoms with Crippen LogP contribution >= 0.6 is 11.6 Å². The molecule has 6 nitrogen and oxygen atoms in total. The fourth-order valence-corrected chi connectivity index (χ4v) is 3.13. The van der Waals surface area contributed by atoms with Crippen molar-refractivity contribution in [1.82, 2.24) is 0 Å². The molecule has 3 aromatic carbocycles. The molecule has 0 aromatic heterocycles. The number of anilines is 2. The van der Waals surface area contributed by atoms with E-state index in [0.29, 0.717) is 35.2 Å².